The topological polar surface area (TPSA) is 55.4 Å². The van der Waals surface area contributed by atoms with Gasteiger partial charge in [-0.25, -0.2) is 0 Å². The second-order valence-corrected chi connectivity index (χ2v) is 13.3. The molecule has 0 saturated carbocycles. The minimum atomic E-state index is -0.826. The lowest BCUT2D eigenvalue weighted by Gasteiger charge is -2.33. The van der Waals surface area contributed by atoms with Gasteiger partial charge in [-0.1, -0.05) is 144 Å². The lowest BCUT2D eigenvalue weighted by molar-refractivity contribution is -0.384. The molecule has 6 heteroatoms. The molecule has 0 radical (unpaired) electrons. The van der Waals surface area contributed by atoms with Gasteiger partial charge in [0.15, 0.2) is 0 Å². The van der Waals surface area contributed by atoms with Crippen molar-refractivity contribution in [3.63, 3.8) is 0 Å². The summed E-state index contributed by atoms with van der Waals surface area (Å²) >= 11 is 0. The first-order valence-electron chi connectivity index (χ1n) is 20.4. The van der Waals surface area contributed by atoms with Gasteiger partial charge in [0.2, 0.25) is 0 Å². The molecule has 0 amide bonds. The molecule has 0 fully saturated rings. The summed E-state index contributed by atoms with van der Waals surface area (Å²) in [5, 5.41) is 0. The summed E-state index contributed by atoms with van der Waals surface area (Å²) in [5.74, 6) is -1.65. The van der Waals surface area contributed by atoms with E-state index in [9.17, 15) is 0 Å². The van der Waals surface area contributed by atoms with Gasteiger partial charge in [-0.3, -0.25) is 0 Å². The maximum Gasteiger partial charge on any atom is 0.282 e. The normalized spacial score (nSPS) is 12.4. The van der Waals surface area contributed by atoms with Gasteiger partial charge in [-0.2, -0.15) is 0 Å². The van der Waals surface area contributed by atoms with Crippen LogP contribution in [0.2, 0.25) is 0 Å². The molecule has 0 aromatic heterocycles. The van der Waals surface area contributed by atoms with E-state index in [4.69, 9.17) is 28.4 Å². The summed E-state index contributed by atoms with van der Waals surface area (Å²) in [6.07, 6.45) is 31.6. The summed E-state index contributed by atoms with van der Waals surface area (Å²) < 4.78 is 36.6. The predicted molar refractivity (Wildman–Crippen MR) is 195 cm³/mol. The van der Waals surface area contributed by atoms with Crippen molar-refractivity contribution < 1.29 is 28.4 Å². The van der Waals surface area contributed by atoms with Crippen molar-refractivity contribution in [3.8, 4) is 0 Å². The van der Waals surface area contributed by atoms with Gasteiger partial charge in [-0.15, -0.1) is 0 Å². The monoisotopic (exact) mass is 659 g/mol. The quantitative estimate of drug-likeness (QED) is 0.0484. The highest BCUT2D eigenvalue weighted by atomic mass is 16.9. The first-order chi connectivity index (χ1) is 22.6. The highest BCUT2D eigenvalue weighted by Gasteiger charge is 2.33. The molecule has 46 heavy (non-hydrogen) atoms. The van der Waals surface area contributed by atoms with Crippen molar-refractivity contribution in [1.29, 1.82) is 0 Å². The van der Waals surface area contributed by atoms with E-state index in [-0.39, 0.29) is 0 Å². The average molecular weight is 659 g/mol. The molecule has 0 heterocycles. The average Bonchev–Trinajstić information content (AvgIpc) is 3.08. The minimum Gasteiger partial charge on any atom is -0.327 e. The number of rotatable bonds is 39. The zero-order valence-corrected chi connectivity index (χ0v) is 32.1. The van der Waals surface area contributed by atoms with E-state index in [1.807, 2.05) is 0 Å². The van der Waals surface area contributed by atoms with Crippen molar-refractivity contribution in [2.45, 2.75) is 220 Å². The first kappa shape index (κ1) is 45.8. The molecule has 0 aliphatic rings. The Morgan fingerprint density at radius 1 is 0.239 bits per heavy atom. The summed E-state index contributed by atoms with van der Waals surface area (Å²) in [6, 6.07) is 0. The van der Waals surface area contributed by atoms with E-state index in [1.54, 1.807) is 0 Å². The molecule has 0 atom stereocenters. The largest absolute Gasteiger partial charge is 0.327 e. The van der Waals surface area contributed by atoms with E-state index in [0.717, 1.165) is 64.2 Å². The van der Waals surface area contributed by atoms with Crippen LogP contribution in [0.25, 0.3) is 0 Å². The summed E-state index contributed by atoms with van der Waals surface area (Å²) in [5.41, 5.74) is 0. The minimum absolute atomic E-state index is 0.691. The molecule has 0 N–H and O–H groups in total. The summed E-state index contributed by atoms with van der Waals surface area (Å²) in [7, 11) is 0. The van der Waals surface area contributed by atoms with E-state index in [0.29, 0.717) is 39.6 Å². The molecule has 0 saturated heterocycles. The van der Waals surface area contributed by atoms with Crippen LogP contribution in [0.4, 0.5) is 0 Å². The van der Waals surface area contributed by atoms with Crippen molar-refractivity contribution in [1.82, 2.24) is 0 Å². The Kier molecular flexibility index (Phi) is 34.4. The van der Waals surface area contributed by atoms with Gasteiger partial charge < -0.3 is 28.4 Å². The molecule has 278 valence electrons. The van der Waals surface area contributed by atoms with Crippen molar-refractivity contribution in [2.24, 2.45) is 0 Å². The van der Waals surface area contributed by atoms with Crippen molar-refractivity contribution in [2.75, 3.05) is 39.6 Å². The Balaban J connectivity index is 3.77. The van der Waals surface area contributed by atoms with Crippen LogP contribution in [0.15, 0.2) is 0 Å². The van der Waals surface area contributed by atoms with E-state index in [1.165, 1.54) is 103 Å². The van der Waals surface area contributed by atoms with Gasteiger partial charge in [0, 0.05) is 12.8 Å². The molecule has 0 aromatic carbocycles. The highest BCUT2D eigenvalue weighted by Crippen LogP contribution is 2.27. The maximum absolute atomic E-state index is 6.10. The molecular formula is C40H82O6. The van der Waals surface area contributed by atoms with Crippen LogP contribution in [0.5, 0.6) is 0 Å². The van der Waals surface area contributed by atoms with Gasteiger partial charge in [0.25, 0.3) is 11.9 Å². The number of ether oxygens (including phenoxy) is 6. The van der Waals surface area contributed by atoms with Crippen molar-refractivity contribution >= 4 is 0 Å². The Morgan fingerprint density at radius 3 is 0.543 bits per heavy atom. The Labute approximate surface area is 288 Å². The Bertz CT molecular complexity index is 493. The molecule has 0 unspecified atom stereocenters. The molecule has 0 aliphatic carbocycles. The highest BCUT2D eigenvalue weighted by molar-refractivity contribution is 4.62. The van der Waals surface area contributed by atoms with Crippen LogP contribution in [0, 0.1) is 0 Å². The van der Waals surface area contributed by atoms with Gasteiger partial charge in [-0.05, 0) is 51.4 Å². The number of hydrogen-bond donors (Lipinski definition) is 0. The summed E-state index contributed by atoms with van der Waals surface area (Å²) in [6.45, 7) is 17.0. The molecule has 0 aromatic rings. The second kappa shape index (κ2) is 34.6. The van der Waals surface area contributed by atoms with Crippen LogP contribution in [0.3, 0.4) is 0 Å². The third-order valence-corrected chi connectivity index (χ3v) is 8.37. The molecule has 0 aliphatic heterocycles. The molecule has 0 rings (SSSR count). The SMILES string of the molecule is CCCOC(CCCCCCCCCCCCCCCCCCCCC(OCCC)(OCCC)OCCC)(OCCC)OCCC. The summed E-state index contributed by atoms with van der Waals surface area (Å²) in [4.78, 5) is 0. The lowest BCUT2D eigenvalue weighted by Crippen LogP contribution is -2.40. The zero-order chi connectivity index (χ0) is 33.9. The number of unbranched alkanes of at least 4 members (excludes halogenated alkanes) is 17. The maximum atomic E-state index is 6.10. The fraction of sp³-hybridized carbons (Fsp3) is 1.00. The third kappa shape index (κ3) is 26.7. The molecule has 6 nitrogen and oxygen atoms in total. The molecule has 0 bridgehead atoms. The zero-order valence-electron chi connectivity index (χ0n) is 32.1. The second-order valence-electron chi connectivity index (χ2n) is 13.3. The third-order valence-electron chi connectivity index (χ3n) is 8.37. The van der Waals surface area contributed by atoms with E-state index in [2.05, 4.69) is 41.5 Å². The smallest absolute Gasteiger partial charge is 0.282 e. The fourth-order valence-corrected chi connectivity index (χ4v) is 5.74. The standard InChI is InChI=1S/C40H82O6/c1-7-33-41-39(42-34-8-2,43-35-9-3)31-29-27-25-23-21-19-17-15-13-14-16-18-20-22-24-26-28-30-32-40(44-36-10-4,45-37-11-5)46-38-12-6/h7-38H2,1-6H3. The van der Waals surface area contributed by atoms with Crippen LogP contribution in [-0.2, 0) is 28.4 Å². The number of hydrogen-bond acceptors (Lipinski definition) is 6. The van der Waals surface area contributed by atoms with Crippen LogP contribution in [0.1, 0.15) is 208 Å². The van der Waals surface area contributed by atoms with Crippen molar-refractivity contribution in [3.05, 3.63) is 0 Å². The lowest BCUT2D eigenvalue weighted by atomic mass is 10.0. The van der Waals surface area contributed by atoms with Crippen LogP contribution >= 0.6 is 0 Å². The van der Waals surface area contributed by atoms with Crippen LogP contribution < -0.4 is 0 Å². The van der Waals surface area contributed by atoms with Gasteiger partial charge in [0.05, 0.1) is 39.6 Å². The van der Waals surface area contributed by atoms with Crippen LogP contribution in [-0.4, -0.2) is 51.6 Å². The Hall–Kier alpha value is -0.240. The Morgan fingerprint density at radius 2 is 0.391 bits per heavy atom. The van der Waals surface area contributed by atoms with Gasteiger partial charge >= 0.3 is 0 Å². The fourth-order valence-electron chi connectivity index (χ4n) is 5.74. The molecule has 0 spiro atoms. The van der Waals surface area contributed by atoms with E-state index >= 15 is 0 Å². The first-order valence-corrected chi connectivity index (χ1v) is 20.4. The molecular weight excluding hydrogens is 576 g/mol. The van der Waals surface area contributed by atoms with Gasteiger partial charge in [0.1, 0.15) is 0 Å². The van der Waals surface area contributed by atoms with E-state index < -0.39 is 11.9 Å². The predicted octanol–water partition coefficient (Wildman–Crippen LogP) is 12.7.